The summed E-state index contributed by atoms with van der Waals surface area (Å²) >= 11 is 1.59. The van der Waals surface area contributed by atoms with E-state index in [1.807, 2.05) is 42.5 Å². The van der Waals surface area contributed by atoms with Crippen molar-refractivity contribution in [3.8, 4) is 17.1 Å². The normalized spacial score (nSPS) is 14.8. The minimum Gasteiger partial charge on any atom is -0.419 e. The standard InChI is InChI=1S/C22H21N5OS/c1-14-8-10-17(11-9-14)21-25-24-20(28-21)15(2)29-22-26-23-19(16-12-13-16)27(22)18-6-4-3-5-7-18/h3-11,15-16H,12-13H2,1-2H3. The molecule has 5 rings (SSSR count). The lowest BCUT2D eigenvalue weighted by molar-refractivity contribution is 0.509. The highest BCUT2D eigenvalue weighted by Gasteiger charge is 2.31. The molecule has 1 fully saturated rings. The number of benzene rings is 2. The maximum atomic E-state index is 5.96. The Bertz CT molecular complexity index is 1120. The van der Waals surface area contributed by atoms with Crippen molar-refractivity contribution in [2.45, 2.75) is 43.0 Å². The molecule has 0 bridgehead atoms. The zero-order valence-electron chi connectivity index (χ0n) is 16.3. The second-order valence-electron chi connectivity index (χ2n) is 7.36. The number of hydrogen-bond acceptors (Lipinski definition) is 6. The first-order valence-corrected chi connectivity index (χ1v) is 10.6. The SMILES string of the molecule is Cc1ccc(-c2nnc(C(C)Sc3nnc(C4CC4)n3-c3ccccc3)o2)cc1. The van der Waals surface area contributed by atoms with Crippen LogP contribution in [-0.2, 0) is 0 Å². The first kappa shape index (κ1) is 18.1. The Labute approximate surface area is 173 Å². The molecule has 1 saturated carbocycles. The summed E-state index contributed by atoms with van der Waals surface area (Å²) in [5.74, 6) is 2.66. The molecule has 0 radical (unpaired) electrons. The highest BCUT2D eigenvalue weighted by atomic mass is 32.2. The highest BCUT2D eigenvalue weighted by molar-refractivity contribution is 7.99. The molecule has 2 aromatic carbocycles. The summed E-state index contributed by atoms with van der Waals surface area (Å²) in [6.45, 7) is 4.11. The molecule has 1 aliphatic rings. The Morgan fingerprint density at radius 3 is 2.45 bits per heavy atom. The van der Waals surface area contributed by atoms with Gasteiger partial charge in [-0.25, -0.2) is 0 Å². The molecule has 0 saturated heterocycles. The lowest BCUT2D eigenvalue weighted by Crippen LogP contribution is -2.02. The van der Waals surface area contributed by atoms with E-state index in [1.165, 1.54) is 18.4 Å². The first-order chi connectivity index (χ1) is 14.2. The third-order valence-corrected chi connectivity index (χ3v) is 6.01. The van der Waals surface area contributed by atoms with E-state index >= 15 is 0 Å². The van der Waals surface area contributed by atoms with Gasteiger partial charge in [-0.2, -0.15) is 0 Å². The second-order valence-corrected chi connectivity index (χ2v) is 8.67. The van der Waals surface area contributed by atoms with Crippen LogP contribution in [0.2, 0.25) is 0 Å². The zero-order chi connectivity index (χ0) is 19.8. The molecule has 146 valence electrons. The van der Waals surface area contributed by atoms with Gasteiger partial charge in [0.25, 0.3) is 0 Å². The summed E-state index contributed by atoms with van der Waals surface area (Å²) in [5, 5.41) is 18.3. The molecule has 29 heavy (non-hydrogen) atoms. The Balaban J connectivity index is 1.42. The molecular formula is C22H21N5OS. The van der Waals surface area contributed by atoms with Gasteiger partial charge in [0, 0.05) is 17.2 Å². The molecule has 0 N–H and O–H groups in total. The molecule has 0 aliphatic heterocycles. The van der Waals surface area contributed by atoms with E-state index in [4.69, 9.17) is 4.42 Å². The number of para-hydroxylation sites is 1. The number of aryl methyl sites for hydroxylation is 1. The maximum Gasteiger partial charge on any atom is 0.247 e. The first-order valence-electron chi connectivity index (χ1n) is 9.77. The Kier molecular flexibility index (Phi) is 4.67. The maximum absolute atomic E-state index is 5.96. The topological polar surface area (TPSA) is 69.6 Å². The van der Waals surface area contributed by atoms with Gasteiger partial charge in [0.05, 0.1) is 5.25 Å². The van der Waals surface area contributed by atoms with Crippen LogP contribution in [0.1, 0.15) is 48.2 Å². The van der Waals surface area contributed by atoms with Crippen LogP contribution in [0, 0.1) is 6.92 Å². The van der Waals surface area contributed by atoms with Gasteiger partial charge in [-0.05, 0) is 51.0 Å². The van der Waals surface area contributed by atoms with E-state index < -0.39 is 0 Å². The summed E-state index contributed by atoms with van der Waals surface area (Å²) in [5.41, 5.74) is 3.21. The van der Waals surface area contributed by atoms with E-state index in [-0.39, 0.29) is 5.25 Å². The van der Waals surface area contributed by atoms with Crippen LogP contribution < -0.4 is 0 Å². The van der Waals surface area contributed by atoms with Crippen molar-refractivity contribution in [3.63, 3.8) is 0 Å². The molecule has 0 amide bonds. The lowest BCUT2D eigenvalue weighted by atomic mass is 10.1. The van der Waals surface area contributed by atoms with Crippen LogP contribution >= 0.6 is 11.8 Å². The Hall–Kier alpha value is -2.93. The fraction of sp³-hybridized carbons (Fsp3) is 0.273. The van der Waals surface area contributed by atoms with Crippen LogP contribution in [0.15, 0.2) is 64.2 Å². The van der Waals surface area contributed by atoms with Gasteiger partial charge in [0.1, 0.15) is 5.82 Å². The molecule has 1 unspecified atom stereocenters. The second kappa shape index (κ2) is 7.48. The van der Waals surface area contributed by atoms with Gasteiger partial charge in [0.15, 0.2) is 5.16 Å². The molecule has 7 heteroatoms. The molecule has 1 atom stereocenters. The van der Waals surface area contributed by atoms with Gasteiger partial charge in [-0.15, -0.1) is 20.4 Å². The Morgan fingerprint density at radius 2 is 1.72 bits per heavy atom. The largest absolute Gasteiger partial charge is 0.419 e. The number of rotatable bonds is 6. The fourth-order valence-corrected chi connectivity index (χ4v) is 4.11. The minimum atomic E-state index is -0.0413. The average molecular weight is 404 g/mol. The average Bonchev–Trinajstić information content (AvgIpc) is 3.31. The van der Waals surface area contributed by atoms with E-state index in [1.54, 1.807) is 11.8 Å². The van der Waals surface area contributed by atoms with Crippen LogP contribution in [0.4, 0.5) is 0 Å². The van der Waals surface area contributed by atoms with Crippen molar-refractivity contribution >= 4 is 11.8 Å². The molecular weight excluding hydrogens is 382 g/mol. The summed E-state index contributed by atoms with van der Waals surface area (Å²) in [6, 6.07) is 18.4. The van der Waals surface area contributed by atoms with Crippen molar-refractivity contribution in [2.75, 3.05) is 0 Å². The van der Waals surface area contributed by atoms with Crippen molar-refractivity contribution in [1.29, 1.82) is 0 Å². The quantitative estimate of drug-likeness (QED) is 0.404. The molecule has 6 nitrogen and oxygen atoms in total. The van der Waals surface area contributed by atoms with Gasteiger partial charge in [0.2, 0.25) is 11.8 Å². The smallest absolute Gasteiger partial charge is 0.247 e. The number of aromatic nitrogens is 5. The predicted octanol–water partition coefficient (Wildman–Crippen LogP) is 5.36. The van der Waals surface area contributed by atoms with E-state index in [0.29, 0.717) is 17.7 Å². The molecule has 0 spiro atoms. The summed E-state index contributed by atoms with van der Waals surface area (Å²) in [7, 11) is 0. The van der Waals surface area contributed by atoms with Crippen molar-refractivity contribution in [2.24, 2.45) is 0 Å². The molecule has 4 aromatic rings. The monoisotopic (exact) mass is 403 g/mol. The van der Waals surface area contributed by atoms with Crippen LogP contribution in [-0.4, -0.2) is 25.0 Å². The van der Waals surface area contributed by atoms with Gasteiger partial charge >= 0.3 is 0 Å². The molecule has 1 aliphatic carbocycles. The Morgan fingerprint density at radius 1 is 0.966 bits per heavy atom. The van der Waals surface area contributed by atoms with Crippen LogP contribution in [0.3, 0.4) is 0 Å². The fourth-order valence-electron chi connectivity index (χ4n) is 3.20. The van der Waals surface area contributed by atoms with Gasteiger partial charge < -0.3 is 4.42 Å². The summed E-state index contributed by atoms with van der Waals surface area (Å²) < 4.78 is 8.12. The summed E-state index contributed by atoms with van der Waals surface area (Å²) in [6.07, 6.45) is 2.35. The molecule has 2 aromatic heterocycles. The number of thioether (sulfide) groups is 1. The van der Waals surface area contributed by atoms with Crippen molar-refractivity contribution in [1.82, 2.24) is 25.0 Å². The van der Waals surface area contributed by atoms with Crippen molar-refractivity contribution in [3.05, 3.63) is 71.9 Å². The van der Waals surface area contributed by atoms with Gasteiger partial charge in [-0.1, -0.05) is 47.7 Å². The highest BCUT2D eigenvalue weighted by Crippen LogP contribution is 2.43. The van der Waals surface area contributed by atoms with Crippen LogP contribution in [0.25, 0.3) is 17.1 Å². The summed E-state index contributed by atoms with van der Waals surface area (Å²) in [4.78, 5) is 0. The third-order valence-electron chi connectivity index (χ3n) is 4.98. The number of hydrogen-bond donors (Lipinski definition) is 0. The van der Waals surface area contributed by atoms with Crippen molar-refractivity contribution < 1.29 is 4.42 Å². The van der Waals surface area contributed by atoms with E-state index in [0.717, 1.165) is 22.2 Å². The predicted molar refractivity (Wildman–Crippen MR) is 112 cm³/mol. The molecule has 2 heterocycles. The number of nitrogens with zero attached hydrogens (tertiary/aromatic N) is 5. The minimum absolute atomic E-state index is 0.0413. The zero-order valence-corrected chi connectivity index (χ0v) is 17.1. The lowest BCUT2D eigenvalue weighted by Gasteiger charge is -2.11. The third kappa shape index (κ3) is 3.70. The van der Waals surface area contributed by atoms with E-state index in [2.05, 4.69) is 50.9 Å². The van der Waals surface area contributed by atoms with Gasteiger partial charge in [-0.3, -0.25) is 4.57 Å². The van der Waals surface area contributed by atoms with Crippen LogP contribution in [0.5, 0.6) is 0 Å². The van der Waals surface area contributed by atoms with E-state index in [9.17, 15) is 0 Å².